The van der Waals surface area contributed by atoms with E-state index in [1.807, 2.05) is 0 Å². The van der Waals surface area contributed by atoms with Crippen LogP contribution in [-0.2, 0) is 9.53 Å². The van der Waals surface area contributed by atoms with Gasteiger partial charge < -0.3 is 19.7 Å². The fourth-order valence-corrected chi connectivity index (χ4v) is 1.11. The Kier molecular flexibility index (Phi) is 4.58. The van der Waals surface area contributed by atoms with Crippen molar-refractivity contribution in [2.75, 3.05) is 13.7 Å². The van der Waals surface area contributed by atoms with Crippen LogP contribution in [0.25, 0.3) is 0 Å². The fourth-order valence-electron chi connectivity index (χ4n) is 1.11. The molecular formula is C9H13N3O5. The molecule has 0 aliphatic carbocycles. The van der Waals surface area contributed by atoms with Gasteiger partial charge in [0.25, 0.3) is 11.7 Å². The number of amides is 1. The molecule has 8 heteroatoms. The number of rotatable bonds is 6. The van der Waals surface area contributed by atoms with E-state index in [2.05, 4.69) is 20.0 Å². The second kappa shape index (κ2) is 5.94. The predicted molar refractivity (Wildman–Crippen MR) is 54.4 cm³/mol. The molecular weight excluding hydrogens is 230 g/mol. The van der Waals surface area contributed by atoms with Gasteiger partial charge in [-0.25, -0.2) is 4.79 Å². The van der Waals surface area contributed by atoms with Gasteiger partial charge in [0.15, 0.2) is 0 Å². The van der Waals surface area contributed by atoms with E-state index in [9.17, 15) is 9.59 Å². The first-order valence-corrected chi connectivity index (χ1v) is 4.87. The van der Waals surface area contributed by atoms with Crippen LogP contribution in [0.5, 0.6) is 0 Å². The van der Waals surface area contributed by atoms with Crippen molar-refractivity contribution in [3.8, 4) is 0 Å². The van der Waals surface area contributed by atoms with E-state index >= 15 is 0 Å². The van der Waals surface area contributed by atoms with Crippen molar-refractivity contribution >= 4 is 11.9 Å². The predicted octanol–water partition coefficient (Wildman–Crippen LogP) is -0.402. The Bertz CT molecular complexity index is 403. The Hall–Kier alpha value is -1.96. The molecule has 94 valence electrons. The van der Waals surface area contributed by atoms with Gasteiger partial charge in [-0.1, -0.05) is 5.16 Å². The number of methoxy groups -OCH3 is 1. The first-order chi connectivity index (χ1) is 8.04. The number of aliphatic carboxylic acids is 1. The number of hydrogen-bond donors (Lipinski definition) is 2. The molecule has 1 amide bonds. The Labute approximate surface area is 97.0 Å². The minimum Gasteiger partial charge on any atom is -0.480 e. The van der Waals surface area contributed by atoms with Gasteiger partial charge in [0.05, 0.1) is 0 Å². The van der Waals surface area contributed by atoms with E-state index in [-0.39, 0.29) is 24.7 Å². The molecule has 0 saturated heterocycles. The molecule has 1 unspecified atom stereocenters. The van der Waals surface area contributed by atoms with Gasteiger partial charge in [-0.05, 0) is 0 Å². The summed E-state index contributed by atoms with van der Waals surface area (Å²) in [5, 5.41) is 14.5. The highest BCUT2D eigenvalue weighted by Gasteiger charge is 2.22. The lowest BCUT2D eigenvalue weighted by molar-refractivity contribution is -0.139. The van der Waals surface area contributed by atoms with Crippen molar-refractivity contribution in [3.05, 3.63) is 11.7 Å². The molecule has 1 aromatic rings. The fraction of sp³-hybridized carbons (Fsp3) is 0.556. The van der Waals surface area contributed by atoms with Gasteiger partial charge in [0.1, 0.15) is 6.04 Å². The number of carbonyl (C=O) groups excluding carboxylic acids is 1. The standard InChI is InChI=1S/C9H13N3O5/c1-5-10-7(12-17-5)8(13)11-6(9(14)15)3-4-16-2/h6H,3-4H2,1-2H3,(H,11,13)(H,14,15). The van der Waals surface area contributed by atoms with E-state index in [1.54, 1.807) is 0 Å². The average Bonchev–Trinajstić information content (AvgIpc) is 2.70. The molecule has 2 N–H and O–H groups in total. The normalized spacial score (nSPS) is 12.1. The summed E-state index contributed by atoms with van der Waals surface area (Å²) in [5.74, 6) is -1.79. The third-order valence-electron chi connectivity index (χ3n) is 1.94. The van der Waals surface area contributed by atoms with E-state index < -0.39 is 17.9 Å². The van der Waals surface area contributed by atoms with E-state index in [0.29, 0.717) is 0 Å². The van der Waals surface area contributed by atoms with Crippen molar-refractivity contribution in [2.45, 2.75) is 19.4 Å². The Balaban J connectivity index is 2.60. The van der Waals surface area contributed by atoms with Crippen molar-refractivity contribution in [1.29, 1.82) is 0 Å². The van der Waals surface area contributed by atoms with Crippen molar-refractivity contribution in [3.63, 3.8) is 0 Å². The van der Waals surface area contributed by atoms with Crippen molar-refractivity contribution in [1.82, 2.24) is 15.5 Å². The second-order valence-corrected chi connectivity index (χ2v) is 3.28. The summed E-state index contributed by atoms with van der Waals surface area (Å²) in [6.07, 6.45) is 0.161. The number of carboxylic acids is 1. The summed E-state index contributed by atoms with van der Waals surface area (Å²) in [4.78, 5) is 26.1. The van der Waals surface area contributed by atoms with Crippen LogP contribution < -0.4 is 5.32 Å². The smallest absolute Gasteiger partial charge is 0.326 e. The van der Waals surface area contributed by atoms with Crippen LogP contribution in [-0.4, -0.2) is 46.9 Å². The number of nitrogens with one attached hydrogen (secondary N) is 1. The molecule has 0 fully saturated rings. The lowest BCUT2D eigenvalue weighted by Crippen LogP contribution is -2.41. The molecule has 0 aromatic carbocycles. The molecule has 0 aliphatic rings. The minimum absolute atomic E-state index is 0.161. The summed E-state index contributed by atoms with van der Waals surface area (Å²) in [5.41, 5.74) is 0. The first-order valence-electron chi connectivity index (χ1n) is 4.87. The molecule has 1 atom stereocenters. The molecule has 1 rings (SSSR count). The van der Waals surface area contributed by atoms with Gasteiger partial charge in [0.2, 0.25) is 5.89 Å². The summed E-state index contributed by atoms with van der Waals surface area (Å²) < 4.78 is 9.36. The highest BCUT2D eigenvalue weighted by atomic mass is 16.5. The lowest BCUT2D eigenvalue weighted by atomic mass is 10.2. The second-order valence-electron chi connectivity index (χ2n) is 3.28. The van der Waals surface area contributed by atoms with Crippen LogP contribution in [0.4, 0.5) is 0 Å². The summed E-state index contributed by atoms with van der Waals surface area (Å²) in [6, 6.07) is -1.04. The SMILES string of the molecule is COCCC(NC(=O)c1noc(C)n1)C(=O)O. The summed E-state index contributed by atoms with van der Waals surface area (Å²) >= 11 is 0. The van der Waals surface area contributed by atoms with Gasteiger partial charge in [-0.3, -0.25) is 4.79 Å². The van der Waals surface area contributed by atoms with Crippen molar-refractivity contribution in [2.24, 2.45) is 0 Å². The van der Waals surface area contributed by atoms with Crippen LogP contribution in [0.3, 0.4) is 0 Å². The van der Waals surface area contributed by atoms with Crippen molar-refractivity contribution < 1.29 is 24.0 Å². The molecule has 1 aromatic heterocycles. The van der Waals surface area contributed by atoms with Gasteiger partial charge in [-0.15, -0.1) is 0 Å². The summed E-state index contributed by atoms with van der Waals surface area (Å²) in [6.45, 7) is 1.76. The molecule has 17 heavy (non-hydrogen) atoms. The molecule has 0 bridgehead atoms. The number of carboxylic acid groups (broad SMARTS) is 1. The zero-order valence-electron chi connectivity index (χ0n) is 9.47. The van der Waals surface area contributed by atoms with Crippen LogP contribution in [0.2, 0.25) is 0 Å². The van der Waals surface area contributed by atoms with Crippen LogP contribution in [0, 0.1) is 6.92 Å². The highest BCUT2D eigenvalue weighted by molar-refractivity contribution is 5.93. The first kappa shape index (κ1) is 13.1. The zero-order valence-corrected chi connectivity index (χ0v) is 9.47. The maximum absolute atomic E-state index is 11.5. The number of aryl methyl sites for hydroxylation is 1. The number of hydrogen-bond acceptors (Lipinski definition) is 6. The Morgan fingerprint density at radius 1 is 1.59 bits per heavy atom. The monoisotopic (exact) mass is 243 g/mol. The summed E-state index contributed by atoms with van der Waals surface area (Å²) in [7, 11) is 1.45. The average molecular weight is 243 g/mol. The van der Waals surface area contributed by atoms with E-state index in [1.165, 1.54) is 14.0 Å². The molecule has 8 nitrogen and oxygen atoms in total. The van der Waals surface area contributed by atoms with Gasteiger partial charge in [0, 0.05) is 27.1 Å². The minimum atomic E-state index is -1.14. The van der Waals surface area contributed by atoms with Crippen LogP contribution in [0.15, 0.2) is 4.52 Å². The third-order valence-corrected chi connectivity index (χ3v) is 1.94. The van der Waals surface area contributed by atoms with E-state index in [0.717, 1.165) is 0 Å². The quantitative estimate of drug-likeness (QED) is 0.698. The topological polar surface area (TPSA) is 115 Å². The Morgan fingerprint density at radius 3 is 2.76 bits per heavy atom. The molecule has 1 heterocycles. The molecule has 0 saturated carbocycles. The highest BCUT2D eigenvalue weighted by Crippen LogP contribution is 1.98. The lowest BCUT2D eigenvalue weighted by Gasteiger charge is -2.12. The zero-order chi connectivity index (χ0) is 12.8. The maximum atomic E-state index is 11.5. The van der Waals surface area contributed by atoms with Gasteiger partial charge in [-0.2, -0.15) is 4.98 Å². The number of aromatic nitrogens is 2. The maximum Gasteiger partial charge on any atom is 0.326 e. The molecule has 0 spiro atoms. The number of nitrogens with zero attached hydrogens (tertiary/aromatic N) is 2. The van der Waals surface area contributed by atoms with Gasteiger partial charge >= 0.3 is 5.97 Å². The number of ether oxygens (including phenoxy) is 1. The largest absolute Gasteiger partial charge is 0.480 e. The third kappa shape index (κ3) is 3.83. The molecule has 0 radical (unpaired) electrons. The van der Waals surface area contributed by atoms with Crippen LogP contribution >= 0.6 is 0 Å². The number of carbonyl (C=O) groups is 2. The van der Waals surface area contributed by atoms with E-state index in [4.69, 9.17) is 9.84 Å². The van der Waals surface area contributed by atoms with Crippen LogP contribution in [0.1, 0.15) is 22.9 Å². The molecule has 0 aliphatic heterocycles. The Morgan fingerprint density at radius 2 is 2.29 bits per heavy atom.